The summed E-state index contributed by atoms with van der Waals surface area (Å²) in [5.41, 5.74) is -0.0840. The molecule has 1 amide bonds. The molecule has 0 unspecified atom stereocenters. The number of carbonyl (C=O) groups excluding carboxylic acids is 1. The molecule has 0 saturated carbocycles. The fraction of sp³-hybridized carbons (Fsp3) is 0.222. The molecule has 0 atom stereocenters. The number of benzene rings is 2. The Hall–Kier alpha value is -2.13. The van der Waals surface area contributed by atoms with Gasteiger partial charge in [0.25, 0.3) is 5.91 Å². The number of amides is 1. The lowest BCUT2D eigenvalue weighted by Crippen LogP contribution is -2.26. The topological polar surface area (TPSA) is 112 Å². The number of hydroxylamine groups is 1. The van der Waals surface area contributed by atoms with Gasteiger partial charge in [-0.15, -0.1) is 0 Å². The smallest absolute Gasteiger partial charge is 0.277 e. The van der Waals surface area contributed by atoms with Crippen molar-refractivity contribution in [2.75, 3.05) is 31.7 Å². The summed E-state index contributed by atoms with van der Waals surface area (Å²) in [5.74, 6) is -4.81. The van der Waals surface area contributed by atoms with Crippen molar-refractivity contribution in [3.8, 4) is 0 Å². The zero-order chi connectivity index (χ0) is 23.0. The Morgan fingerprint density at radius 2 is 1.84 bits per heavy atom. The van der Waals surface area contributed by atoms with Crippen LogP contribution in [-0.4, -0.2) is 48.8 Å². The van der Waals surface area contributed by atoms with E-state index < -0.39 is 46.8 Å². The number of hydrogen-bond acceptors (Lipinski definition) is 7. The van der Waals surface area contributed by atoms with Gasteiger partial charge < -0.3 is 20.4 Å². The Bertz CT molecular complexity index is 958. The molecule has 0 aliphatic rings. The van der Waals surface area contributed by atoms with Crippen molar-refractivity contribution in [3.05, 3.63) is 55.4 Å². The average Bonchev–Trinajstić information content (AvgIpc) is 2.72. The van der Waals surface area contributed by atoms with E-state index in [2.05, 4.69) is 15.3 Å². The van der Waals surface area contributed by atoms with Crippen molar-refractivity contribution in [2.24, 2.45) is 5.16 Å². The summed E-state index contributed by atoms with van der Waals surface area (Å²) in [7, 11) is 0. The maximum atomic E-state index is 14.9. The highest BCUT2D eigenvalue weighted by atomic mass is 127. The minimum atomic E-state index is -1.52. The van der Waals surface area contributed by atoms with Crippen LogP contribution < -0.4 is 10.8 Å². The molecule has 0 bridgehead atoms. The van der Waals surface area contributed by atoms with Crippen molar-refractivity contribution in [1.82, 2.24) is 5.48 Å². The first-order chi connectivity index (χ1) is 14.8. The van der Waals surface area contributed by atoms with Crippen LogP contribution in [0.4, 0.5) is 24.5 Å². The van der Waals surface area contributed by atoms with Crippen molar-refractivity contribution < 1.29 is 37.9 Å². The standard InChI is InChI=1S/C18H16ClF3IN3O5/c19-12-6-10(23)7-13(20)17(12)25-16-11(18(29)26-31-4-2-28)5-9(14(21)15(16)22)8-24-30-3-1-27/h5-8,25,27-28H,1-4H2,(H,26,29). The Morgan fingerprint density at radius 1 is 1.13 bits per heavy atom. The second kappa shape index (κ2) is 12.0. The van der Waals surface area contributed by atoms with Gasteiger partial charge in [-0.3, -0.25) is 9.63 Å². The summed E-state index contributed by atoms with van der Waals surface area (Å²) in [5, 5.41) is 23.0. The van der Waals surface area contributed by atoms with Gasteiger partial charge in [0.05, 0.1) is 48.0 Å². The van der Waals surface area contributed by atoms with Crippen LogP contribution in [0.5, 0.6) is 0 Å². The molecule has 31 heavy (non-hydrogen) atoms. The predicted octanol–water partition coefficient (Wildman–Crippen LogP) is 3.10. The second-order valence-corrected chi connectivity index (χ2v) is 7.33. The molecule has 0 saturated heterocycles. The Balaban J connectivity index is 2.53. The van der Waals surface area contributed by atoms with Crippen LogP contribution in [0.15, 0.2) is 23.4 Å². The van der Waals surface area contributed by atoms with E-state index in [-0.39, 0.29) is 30.5 Å². The molecular formula is C18H16ClF3IN3O5. The van der Waals surface area contributed by atoms with Crippen molar-refractivity contribution in [2.45, 2.75) is 0 Å². The minimum Gasteiger partial charge on any atom is -0.394 e. The number of hydrogen-bond donors (Lipinski definition) is 4. The van der Waals surface area contributed by atoms with Gasteiger partial charge in [-0.1, -0.05) is 16.8 Å². The fourth-order valence-electron chi connectivity index (χ4n) is 2.23. The van der Waals surface area contributed by atoms with Gasteiger partial charge in [0.1, 0.15) is 12.4 Å². The van der Waals surface area contributed by atoms with Crippen LogP contribution in [0.25, 0.3) is 0 Å². The first-order valence-corrected chi connectivity index (χ1v) is 9.98. The highest BCUT2D eigenvalue weighted by molar-refractivity contribution is 14.1. The Morgan fingerprint density at radius 3 is 2.48 bits per heavy atom. The number of halogens is 5. The number of nitrogens with one attached hydrogen (secondary N) is 2. The van der Waals surface area contributed by atoms with Crippen LogP contribution in [-0.2, 0) is 9.68 Å². The Kier molecular flexibility index (Phi) is 9.77. The lowest BCUT2D eigenvalue weighted by Gasteiger charge is -2.16. The van der Waals surface area contributed by atoms with Crippen LogP contribution in [0.3, 0.4) is 0 Å². The van der Waals surface area contributed by atoms with E-state index in [0.717, 1.165) is 18.3 Å². The third-order valence-electron chi connectivity index (χ3n) is 3.54. The number of rotatable bonds is 10. The molecule has 4 N–H and O–H groups in total. The lowest BCUT2D eigenvalue weighted by atomic mass is 10.1. The molecule has 0 spiro atoms. The Labute approximate surface area is 193 Å². The average molecular weight is 574 g/mol. The second-order valence-electron chi connectivity index (χ2n) is 5.68. The summed E-state index contributed by atoms with van der Waals surface area (Å²) in [6.07, 6.45) is 0.793. The zero-order valence-electron chi connectivity index (χ0n) is 15.6. The molecule has 168 valence electrons. The zero-order valence-corrected chi connectivity index (χ0v) is 18.5. The van der Waals surface area contributed by atoms with E-state index in [9.17, 15) is 18.0 Å². The predicted molar refractivity (Wildman–Crippen MR) is 115 cm³/mol. The van der Waals surface area contributed by atoms with Crippen LogP contribution in [0, 0.1) is 21.0 Å². The molecule has 0 radical (unpaired) electrons. The molecule has 0 aromatic heterocycles. The quantitative estimate of drug-likeness (QED) is 0.150. The molecule has 2 aromatic rings. The largest absolute Gasteiger partial charge is 0.394 e. The van der Waals surface area contributed by atoms with Gasteiger partial charge >= 0.3 is 0 Å². The molecule has 8 nitrogen and oxygen atoms in total. The highest BCUT2D eigenvalue weighted by Gasteiger charge is 2.24. The van der Waals surface area contributed by atoms with Gasteiger partial charge in [-0.2, -0.15) is 0 Å². The van der Waals surface area contributed by atoms with Gasteiger partial charge in [-0.05, 0) is 40.8 Å². The summed E-state index contributed by atoms with van der Waals surface area (Å²) in [6, 6.07) is 3.40. The van der Waals surface area contributed by atoms with Crippen LogP contribution >= 0.6 is 34.2 Å². The fourth-order valence-corrected chi connectivity index (χ4v) is 3.26. The molecule has 2 aromatic carbocycles. The van der Waals surface area contributed by atoms with E-state index in [1.807, 2.05) is 28.1 Å². The SMILES string of the molecule is O=C(NOCCO)c1cc(C=NOCCO)c(F)c(F)c1Nc1c(F)cc(I)cc1Cl. The third-order valence-corrected chi connectivity index (χ3v) is 4.46. The van der Waals surface area contributed by atoms with Crippen molar-refractivity contribution >= 4 is 57.7 Å². The maximum Gasteiger partial charge on any atom is 0.277 e. The highest BCUT2D eigenvalue weighted by Crippen LogP contribution is 2.34. The van der Waals surface area contributed by atoms with Crippen molar-refractivity contribution in [1.29, 1.82) is 0 Å². The van der Waals surface area contributed by atoms with E-state index in [4.69, 9.17) is 26.7 Å². The first-order valence-electron chi connectivity index (χ1n) is 8.52. The summed E-state index contributed by atoms with van der Waals surface area (Å²) < 4.78 is 44.2. The van der Waals surface area contributed by atoms with Gasteiger partial charge in [0, 0.05) is 9.13 Å². The summed E-state index contributed by atoms with van der Waals surface area (Å²) in [6.45, 7) is -1.21. The number of anilines is 2. The normalized spacial score (nSPS) is 11.1. The van der Waals surface area contributed by atoms with E-state index >= 15 is 0 Å². The third kappa shape index (κ3) is 6.67. The van der Waals surface area contributed by atoms with E-state index in [1.165, 1.54) is 6.07 Å². The van der Waals surface area contributed by atoms with Gasteiger partial charge in [0.2, 0.25) is 0 Å². The summed E-state index contributed by atoms with van der Waals surface area (Å²) in [4.78, 5) is 21.8. The molecule has 13 heteroatoms. The first kappa shape index (κ1) is 25.1. The van der Waals surface area contributed by atoms with Crippen LogP contribution in [0.1, 0.15) is 15.9 Å². The molecule has 0 aliphatic heterocycles. The number of nitrogens with zero attached hydrogens (tertiary/aromatic N) is 1. The molecule has 2 rings (SSSR count). The van der Waals surface area contributed by atoms with E-state index in [1.54, 1.807) is 0 Å². The van der Waals surface area contributed by atoms with E-state index in [0.29, 0.717) is 3.57 Å². The number of aliphatic hydroxyl groups is 2. The minimum absolute atomic E-state index is 0.130. The monoisotopic (exact) mass is 573 g/mol. The van der Waals surface area contributed by atoms with Crippen LogP contribution in [0.2, 0.25) is 5.02 Å². The molecule has 0 fully saturated rings. The number of oxime groups is 1. The number of aliphatic hydroxyl groups excluding tert-OH is 2. The lowest BCUT2D eigenvalue weighted by molar-refractivity contribution is 0.0168. The number of carbonyl (C=O) groups is 1. The van der Waals surface area contributed by atoms with Crippen molar-refractivity contribution in [3.63, 3.8) is 0 Å². The summed E-state index contributed by atoms with van der Waals surface area (Å²) >= 11 is 7.83. The maximum absolute atomic E-state index is 14.9. The van der Waals surface area contributed by atoms with Gasteiger partial charge in [0.15, 0.2) is 11.6 Å². The molecule has 0 heterocycles. The molecule has 0 aliphatic carbocycles. The van der Waals surface area contributed by atoms with Gasteiger partial charge in [-0.25, -0.2) is 18.7 Å². The molecular weight excluding hydrogens is 558 g/mol.